The van der Waals surface area contributed by atoms with Crippen LogP contribution in [0.2, 0.25) is 0 Å². The van der Waals surface area contributed by atoms with Crippen molar-refractivity contribution in [2.75, 3.05) is 13.1 Å². The number of ether oxygens (including phenoxy) is 1. The van der Waals surface area contributed by atoms with E-state index in [1.54, 1.807) is 4.52 Å². The Morgan fingerprint density at radius 1 is 1.22 bits per heavy atom. The van der Waals surface area contributed by atoms with Crippen LogP contribution in [0.1, 0.15) is 48.6 Å². The lowest BCUT2D eigenvalue weighted by molar-refractivity contribution is -0.0764. The third-order valence-electron chi connectivity index (χ3n) is 5.07. The smallest absolute Gasteiger partial charge is 0.230 e. The van der Waals surface area contributed by atoms with Gasteiger partial charge in [0.15, 0.2) is 0 Å². The average Bonchev–Trinajstić information content (AvgIpc) is 3.13. The molecule has 27 heavy (non-hydrogen) atoms. The number of aryl methyl sites for hydroxylation is 2. The standard InChI is InChI=1S/C20H26N4O2S/c1-5-15-6-8-16(9-7-15)17(23-10-12(2)26-13(3)11-23)18-19(25)24-20(27-18)21-14(4)22-24/h6-9,12-13,17,25H,5,10-11H2,1-4H3. The maximum absolute atomic E-state index is 10.9. The number of aromatic hydroxyl groups is 1. The molecule has 0 aliphatic carbocycles. The topological polar surface area (TPSA) is 62.9 Å². The van der Waals surface area contributed by atoms with Gasteiger partial charge in [-0.2, -0.15) is 4.52 Å². The molecule has 0 radical (unpaired) electrons. The number of rotatable bonds is 4. The first-order valence-electron chi connectivity index (χ1n) is 9.49. The van der Waals surface area contributed by atoms with Gasteiger partial charge in [0.2, 0.25) is 10.8 Å². The van der Waals surface area contributed by atoms with Crippen molar-refractivity contribution in [3.63, 3.8) is 0 Å². The minimum atomic E-state index is -0.0430. The van der Waals surface area contributed by atoms with Crippen molar-refractivity contribution in [2.45, 2.75) is 52.4 Å². The van der Waals surface area contributed by atoms with E-state index in [1.165, 1.54) is 22.5 Å². The zero-order chi connectivity index (χ0) is 19.1. The van der Waals surface area contributed by atoms with E-state index in [9.17, 15) is 5.11 Å². The second-order valence-electron chi connectivity index (χ2n) is 7.35. The molecule has 1 aliphatic rings. The van der Waals surface area contributed by atoms with Crippen molar-refractivity contribution in [1.82, 2.24) is 19.5 Å². The van der Waals surface area contributed by atoms with Gasteiger partial charge in [-0.1, -0.05) is 42.5 Å². The fourth-order valence-electron chi connectivity index (χ4n) is 3.92. The van der Waals surface area contributed by atoms with E-state index >= 15 is 0 Å². The Morgan fingerprint density at radius 3 is 2.48 bits per heavy atom. The van der Waals surface area contributed by atoms with Crippen molar-refractivity contribution in [1.29, 1.82) is 0 Å². The summed E-state index contributed by atoms with van der Waals surface area (Å²) in [5, 5.41) is 15.2. The highest BCUT2D eigenvalue weighted by molar-refractivity contribution is 7.17. The third-order valence-corrected chi connectivity index (χ3v) is 6.14. The second kappa shape index (κ2) is 7.22. The van der Waals surface area contributed by atoms with Crippen molar-refractivity contribution in [2.24, 2.45) is 0 Å². The number of hydrogen-bond acceptors (Lipinski definition) is 6. The second-order valence-corrected chi connectivity index (χ2v) is 8.36. The van der Waals surface area contributed by atoms with E-state index in [-0.39, 0.29) is 24.1 Å². The molecule has 1 saturated heterocycles. The van der Waals surface area contributed by atoms with E-state index in [1.807, 2.05) is 6.92 Å². The summed E-state index contributed by atoms with van der Waals surface area (Å²) < 4.78 is 7.49. The molecular weight excluding hydrogens is 360 g/mol. The van der Waals surface area contributed by atoms with Gasteiger partial charge in [0.1, 0.15) is 5.82 Å². The molecule has 0 saturated carbocycles. The Balaban J connectivity index is 1.80. The zero-order valence-corrected chi connectivity index (χ0v) is 17.0. The van der Waals surface area contributed by atoms with Gasteiger partial charge in [-0.05, 0) is 38.3 Å². The van der Waals surface area contributed by atoms with Crippen LogP contribution in [0.5, 0.6) is 5.88 Å². The van der Waals surface area contributed by atoms with Gasteiger partial charge in [-0.3, -0.25) is 4.90 Å². The maximum Gasteiger partial charge on any atom is 0.230 e. The molecular formula is C20H26N4O2S. The van der Waals surface area contributed by atoms with Crippen LogP contribution in [0.3, 0.4) is 0 Å². The van der Waals surface area contributed by atoms with Crippen molar-refractivity contribution in [3.05, 3.63) is 46.1 Å². The summed E-state index contributed by atoms with van der Waals surface area (Å²) in [7, 11) is 0. The van der Waals surface area contributed by atoms with Crippen molar-refractivity contribution < 1.29 is 9.84 Å². The Bertz CT molecular complexity index is 924. The van der Waals surface area contributed by atoms with Crippen LogP contribution in [-0.4, -0.2) is 49.9 Å². The summed E-state index contributed by atoms with van der Waals surface area (Å²) in [6, 6.07) is 8.66. The van der Waals surface area contributed by atoms with Gasteiger partial charge in [0, 0.05) is 13.1 Å². The summed E-state index contributed by atoms with van der Waals surface area (Å²) in [4.78, 5) is 8.45. The molecule has 6 nitrogen and oxygen atoms in total. The fourth-order valence-corrected chi connectivity index (χ4v) is 5.08. The van der Waals surface area contributed by atoms with E-state index in [0.717, 1.165) is 29.3 Å². The molecule has 7 heteroatoms. The number of fused-ring (bicyclic) bond motifs is 1. The highest BCUT2D eigenvalue weighted by Crippen LogP contribution is 2.40. The van der Waals surface area contributed by atoms with Crippen LogP contribution in [0.15, 0.2) is 24.3 Å². The number of aromatic nitrogens is 3. The molecule has 3 heterocycles. The number of hydrogen-bond donors (Lipinski definition) is 1. The molecule has 3 atom stereocenters. The minimum Gasteiger partial charge on any atom is -0.492 e. The van der Waals surface area contributed by atoms with Crippen LogP contribution in [0.4, 0.5) is 0 Å². The molecule has 3 aromatic rings. The van der Waals surface area contributed by atoms with E-state index in [4.69, 9.17) is 4.74 Å². The lowest BCUT2D eigenvalue weighted by Gasteiger charge is -2.40. The summed E-state index contributed by atoms with van der Waals surface area (Å²) in [6.07, 6.45) is 1.31. The average molecular weight is 387 g/mol. The molecule has 1 aliphatic heterocycles. The Hall–Kier alpha value is -1.96. The first-order valence-corrected chi connectivity index (χ1v) is 10.3. The number of nitrogens with zero attached hydrogens (tertiary/aromatic N) is 4. The predicted molar refractivity (Wildman–Crippen MR) is 107 cm³/mol. The van der Waals surface area contributed by atoms with Crippen LogP contribution in [0.25, 0.3) is 4.96 Å². The van der Waals surface area contributed by atoms with E-state index < -0.39 is 0 Å². The highest BCUT2D eigenvalue weighted by Gasteiger charge is 2.34. The largest absolute Gasteiger partial charge is 0.492 e. The summed E-state index contributed by atoms with van der Waals surface area (Å²) >= 11 is 1.51. The van der Waals surface area contributed by atoms with Gasteiger partial charge in [0.25, 0.3) is 0 Å². The molecule has 4 rings (SSSR count). The molecule has 1 N–H and O–H groups in total. The number of thiazole rings is 1. The van der Waals surface area contributed by atoms with Gasteiger partial charge in [-0.25, -0.2) is 4.98 Å². The summed E-state index contributed by atoms with van der Waals surface area (Å²) in [5.74, 6) is 0.854. The molecule has 0 spiro atoms. The van der Waals surface area contributed by atoms with Crippen LogP contribution in [-0.2, 0) is 11.2 Å². The third kappa shape index (κ3) is 3.47. The van der Waals surface area contributed by atoms with Crippen LogP contribution >= 0.6 is 11.3 Å². The Kier molecular flexibility index (Phi) is 4.92. The minimum absolute atomic E-state index is 0.0430. The highest BCUT2D eigenvalue weighted by atomic mass is 32.1. The SMILES string of the molecule is CCc1ccc(C(c2sc3nc(C)nn3c2O)N2CC(C)OC(C)C2)cc1. The lowest BCUT2D eigenvalue weighted by Crippen LogP contribution is -2.47. The van der Waals surface area contributed by atoms with E-state index in [0.29, 0.717) is 5.82 Å². The Morgan fingerprint density at radius 2 is 1.89 bits per heavy atom. The molecule has 0 amide bonds. The van der Waals surface area contributed by atoms with Crippen molar-refractivity contribution >= 4 is 16.3 Å². The zero-order valence-electron chi connectivity index (χ0n) is 16.2. The number of benzene rings is 1. The van der Waals surface area contributed by atoms with E-state index in [2.05, 4.69) is 60.0 Å². The summed E-state index contributed by atoms with van der Waals surface area (Å²) in [5.41, 5.74) is 2.48. The monoisotopic (exact) mass is 386 g/mol. The van der Waals surface area contributed by atoms with Crippen molar-refractivity contribution in [3.8, 4) is 5.88 Å². The van der Waals surface area contributed by atoms with Gasteiger partial charge >= 0.3 is 0 Å². The number of morpholine rings is 1. The maximum atomic E-state index is 10.9. The van der Waals surface area contributed by atoms with Crippen LogP contribution < -0.4 is 0 Å². The first kappa shape index (κ1) is 18.4. The molecule has 1 fully saturated rings. The Labute approximate surface area is 163 Å². The normalized spacial score (nSPS) is 22.4. The van der Waals surface area contributed by atoms with Crippen LogP contribution in [0, 0.1) is 6.92 Å². The lowest BCUT2D eigenvalue weighted by atomic mass is 10.00. The molecule has 144 valence electrons. The quantitative estimate of drug-likeness (QED) is 0.743. The summed E-state index contributed by atoms with van der Waals surface area (Å²) in [6.45, 7) is 9.84. The molecule has 2 aromatic heterocycles. The van der Waals surface area contributed by atoms with Gasteiger partial charge < -0.3 is 9.84 Å². The first-order chi connectivity index (χ1) is 13.0. The predicted octanol–water partition coefficient (Wildman–Crippen LogP) is 3.57. The molecule has 3 unspecified atom stereocenters. The van der Waals surface area contributed by atoms with Gasteiger partial charge in [0.05, 0.1) is 23.1 Å². The van der Waals surface area contributed by atoms with Gasteiger partial charge in [-0.15, -0.1) is 5.10 Å². The molecule has 0 bridgehead atoms. The fraction of sp³-hybridized carbons (Fsp3) is 0.500. The molecule has 1 aromatic carbocycles.